The van der Waals surface area contributed by atoms with E-state index in [0.717, 1.165) is 22.1 Å². The second-order valence-corrected chi connectivity index (χ2v) is 7.17. The van der Waals surface area contributed by atoms with Gasteiger partial charge in [-0.3, -0.25) is 14.0 Å². The molecule has 0 radical (unpaired) electrons. The minimum absolute atomic E-state index is 0.0329. The summed E-state index contributed by atoms with van der Waals surface area (Å²) in [4.78, 5) is 27.1. The molecule has 2 amide bonds. The fourth-order valence-electron chi connectivity index (χ4n) is 3.88. The van der Waals surface area contributed by atoms with Crippen molar-refractivity contribution in [1.82, 2.24) is 19.9 Å². The fourth-order valence-corrected chi connectivity index (χ4v) is 3.88. The maximum absolute atomic E-state index is 12.7. The summed E-state index contributed by atoms with van der Waals surface area (Å²) in [6, 6.07) is 19.5. The van der Waals surface area contributed by atoms with Gasteiger partial charge in [-0.1, -0.05) is 42.5 Å². The Kier molecular flexibility index (Phi) is 4.20. The predicted molar refractivity (Wildman–Crippen MR) is 109 cm³/mol. The highest BCUT2D eigenvalue weighted by molar-refractivity contribution is 6.06. The number of nitrogens with zero attached hydrogens (tertiary/aromatic N) is 4. The summed E-state index contributed by atoms with van der Waals surface area (Å²) in [7, 11) is 0. The molecule has 0 aliphatic carbocycles. The second kappa shape index (κ2) is 7.01. The third-order valence-corrected chi connectivity index (χ3v) is 5.36. The van der Waals surface area contributed by atoms with Crippen LogP contribution >= 0.6 is 0 Å². The highest BCUT2D eigenvalue weighted by atomic mass is 16.2. The maximum atomic E-state index is 12.7. The van der Waals surface area contributed by atoms with Crippen molar-refractivity contribution in [2.24, 2.45) is 5.92 Å². The van der Waals surface area contributed by atoms with Crippen molar-refractivity contribution in [3.8, 4) is 0 Å². The van der Waals surface area contributed by atoms with E-state index in [0.29, 0.717) is 12.4 Å². The van der Waals surface area contributed by atoms with Crippen LogP contribution in [0.2, 0.25) is 0 Å². The molecular formula is C22H19N5O2. The van der Waals surface area contributed by atoms with Crippen LogP contribution in [-0.2, 0) is 16.1 Å². The number of anilines is 1. The number of rotatable bonds is 4. The summed E-state index contributed by atoms with van der Waals surface area (Å²) in [5, 5.41) is 13.2. The molecular weight excluding hydrogens is 366 g/mol. The van der Waals surface area contributed by atoms with E-state index in [1.807, 2.05) is 71.3 Å². The number of fused-ring (bicyclic) bond motifs is 2. The van der Waals surface area contributed by atoms with Gasteiger partial charge in [0.15, 0.2) is 11.5 Å². The van der Waals surface area contributed by atoms with E-state index >= 15 is 0 Å². The van der Waals surface area contributed by atoms with Crippen molar-refractivity contribution in [1.29, 1.82) is 0 Å². The minimum atomic E-state index is -0.388. The molecule has 144 valence electrons. The molecule has 3 heterocycles. The molecule has 7 nitrogen and oxygen atoms in total. The molecule has 2 aromatic heterocycles. The van der Waals surface area contributed by atoms with E-state index < -0.39 is 0 Å². The Labute approximate surface area is 167 Å². The zero-order chi connectivity index (χ0) is 19.8. The van der Waals surface area contributed by atoms with Crippen molar-refractivity contribution in [3.63, 3.8) is 0 Å². The number of amides is 2. The van der Waals surface area contributed by atoms with Gasteiger partial charge >= 0.3 is 0 Å². The minimum Gasteiger partial charge on any atom is -0.348 e. The number of pyridine rings is 1. The Hall–Kier alpha value is -3.74. The molecule has 2 aromatic carbocycles. The number of hydrogen-bond acceptors (Lipinski definition) is 4. The first-order chi connectivity index (χ1) is 14.2. The molecule has 0 bridgehead atoms. The van der Waals surface area contributed by atoms with Gasteiger partial charge in [0.05, 0.1) is 18.2 Å². The van der Waals surface area contributed by atoms with Gasteiger partial charge in [0.25, 0.3) is 0 Å². The Morgan fingerprint density at radius 1 is 1.03 bits per heavy atom. The molecule has 1 atom stereocenters. The van der Waals surface area contributed by atoms with Crippen LogP contribution in [0.3, 0.4) is 0 Å². The molecule has 1 N–H and O–H groups in total. The van der Waals surface area contributed by atoms with E-state index in [1.54, 1.807) is 4.90 Å². The molecule has 1 unspecified atom stereocenters. The van der Waals surface area contributed by atoms with Crippen LogP contribution in [-0.4, -0.2) is 33.0 Å². The largest absolute Gasteiger partial charge is 0.348 e. The highest BCUT2D eigenvalue weighted by Gasteiger charge is 2.35. The van der Waals surface area contributed by atoms with Crippen LogP contribution in [0.25, 0.3) is 16.4 Å². The monoisotopic (exact) mass is 385 g/mol. The van der Waals surface area contributed by atoms with Gasteiger partial charge in [-0.15, -0.1) is 10.2 Å². The number of nitrogens with one attached hydrogen (secondary N) is 1. The van der Waals surface area contributed by atoms with Crippen molar-refractivity contribution in [3.05, 3.63) is 72.7 Å². The summed E-state index contributed by atoms with van der Waals surface area (Å²) in [5.41, 5.74) is 1.58. The first kappa shape index (κ1) is 17.4. The van der Waals surface area contributed by atoms with E-state index in [9.17, 15) is 9.59 Å². The Balaban J connectivity index is 1.31. The quantitative estimate of drug-likeness (QED) is 0.586. The van der Waals surface area contributed by atoms with Gasteiger partial charge in [-0.05, 0) is 23.6 Å². The fraction of sp³-hybridized carbons (Fsp3) is 0.182. The Morgan fingerprint density at radius 2 is 1.86 bits per heavy atom. The highest BCUT2D eigenvalue weighted by Crippen LogP contribution is 2.31. The van der Waals surface area contributed by atoms with E-state index in [1.165, 1.54) is 0 Å². The molecule has 7 heteroatoms. The Bertz CT molecular complexity index is 1230. The lowest BCUT2D eigenvalue weighted by atomic mass is 10.1. The number of benzene rings is 2. The lowest BCUT2D eigenvalue weighted by molar-refractivity contribution is -0.126. The van der Waals surface area contributed by atoms with Crippen LogP contribution in [0.1, 0.15) is 12.2 Å². The lowest BCUT2D eigenvalue weighted by Crippen LogP contribution is -2.33. The molecule has 4 aromatic rings. The second-order valence-electron chi connectivity index (χ2n) is 7.17. The van der Waals surface area contributed by atoms with Crippen LogP contribution in [0, 0.1) is 5.92 Å². The number of carbonyl (C=O) groups is 2. The van der Waals surface area contributed by atoms with E-state index in [2.05, 4.69) is 15.5 Å². The number of carbonyl (C=O) groups excluding carboxylic acids is 2. The predicted octanol–water partition coefficient (Wildman–Crippen LogP) is 2.55. The van der Waals surface area contributed by atoms with Crippen molar-refractivity contribution < 1.29 is 9.59 Å². The molecule has 0 saturated carbocycles. The SMILES string of the molecule is O=C(NCc1nnc2ccccn12)C1CC(=O)N(c2cccc3ccccc23)C1. The van der Waals surface area contributed by atoms with Crippen molar-refractivity contribution >= 4 is 33.9 Å². The molecule has 5 rings (SSSR count). The van der Waals surface area contributed by atoms with Crippen LogP contribution in [0.5, 0.6) is 0 Å². The van der Waals surface area contributed by atoms with Gasteiger partial charge in [0.2, 0.25) is 11.8 Å². The summed E-state index contributed by atoms with van der Waals surface area (Å²) in [6.45, 7) is 0.641. The van der Waals surface area contributed by atoms with Crippen LogP contribution < -0.4 is 10.2 Å². The molecule has 29 heavy (non-hydrogen) atoms. The average molecular weight is 385 g/mol. The third kappa shape index (κ3) is 3.10. The van der Waals surface area contributed by atoms with E-state index in [4.69, 9.17) is 0 Å². The molecule has 0 spiro atoms. The van der Waals surface area contributed by atoms with Gasteiger partial charge < -0.3 is 10.2 Å². The summed E-state index contributed by atoms with van der Waals surface area (Å²) in [6.07, 6.45) is 2.06. The molecule has 1 aliphatic heterocycles. The van der Waals surface area contributed by atoms with Gasteiger partial charge in [0, 0.05) is 24.5 Å². The molecule has 1 aliphatic rings. The zero-order valence-corrected chi connectivity index (χ0v) is 15.7. The van der Waals surface area contributed by atoms with Gasteiger partial charge in [-0.25, -0.2) is 0 Å². The zero-order valence-electron chi connectivity index (χ0n) is 15.7. The maximum Gasteiger partial charge on any atom is 0.227 e. The third-order valence-electron chi connectivity index (χ3n) is 5.36. The lowest BCUT2D eigenvalue weighted by Gasteiger charge is -2.19. The van der Waals surface area contributed by atoms with Crippen molar-refractivity contribution in [2.45, 2.75) is 13.0 Å². The van der Waals surface area contributed by atoms with E-state index in [-0.39, 0.29) is 30.7 Å². The Morgan fingerprint density at radius 3 is 2.79 bits per heavy atom. The summed E-state index contributed by atoms with van der Waals surface area (Å²) < 4.78 is 1.84. The smallest absolute Gasteiger partial charge is 0.227 e. The van der Waals surface area contributed by atoms with Crippen molar-refractivity contribution in [2.75, 3.05) is 11.4 Å². The van der Waals surface area contributed by atoms with Crippen LogP contribution in [0.4, 0.5) is 5.69 Å². The summed E-state index contributed by atoms with van der Waals surface area (Å²) in [5.74, 6) is 0.0908. The first-order valence-electron chi connectivity index (χ1n) is 9.55. The first-order valence-corrected chi connectivity index (χ1v) is 9.55. The van der Waals surface area contributed by atoms with Gasteiger partial charge in [0.1, 0.15) is 0 Å². The summed E-state index contributed by atoms with van der Waals surface area (Å²) >= 11 is 0. The number of aromatic nitrogens is 3. The van der Waals surface area contributed by atoms with Gasteiger partial charge in [-0.2, -0.15) is 0 Å². The normalized spacial score (nSPS) is 16.6. The number of hydrogen-bond donors (Lipinski definition) is 1. The molecule has 1 saturated heterocycles. The van der Waals surface area contributed by atoms with Crippen LogP contribution in [0.15, 0.2) is 66.9 Å². The average Bonchev–Trinajstić information content (AvgIpc) is 3.35. The molecule has 1 fully saturated rings. The standard InChI is InChI=1S/C22H19N5O2/c28-21-12-16(14-27(21)18-9-5-7-15-6-1-2-8-17(15)18)22(29)23-13-20-25-24-19-10-3-4-11-26(19)20/h1-11,16H,12-14H2,(H,23,29). The topological polar surface area (TPSA) is 79.6 Å².